The van der Waals surface area contributed by atoms with Gasteiger partial charge in [0.1, 0.15) is 23.2 Å². The monoisotopic (exact) mass is 401 g/mol. The zero-order valence-corrected chi connectivity index (χ0v) is 16.2. The molecule has 1 aliphatic heterocycles. The predicted molar refractivity (Wildman–Crippen MR) is 109 cm³/mol. The molecule has 0 saturated carbocycles. The highest BCUT2D eigenvalue weighted by atomic mass is 32.1. The zero-order valence-electron chi connectivity index (χ0n) is 15.4. The molecule has 2 aromatic rings. The summed E-state index contributed by atoms with van der Waals surface area (Å²) in [7, 11) is 3.11. The van der Waals surface area contributed by atoms with Crippen LogP contribution in [0, 0.1) is 11.7 Å². The summed E-state index contributed by atoms with van der Waals surface area (Å²) in [5.74, 6) is -0.222. The molecular weight excluding hydrogens is 381 g/mol. The number of ether oxygens (including phenoxy) is 2. The molecule has 1 saturated heterocycles. The van der Waals surface area contributed by atoms with E-state index >= 15 is 0 Å². The molecule has 6 nitrogen and oxygen atoms in total. The maximum Gasteiger partial charge on any atom is 0.235 e. The van der Waals surface area contributed by atoms with Crippen LogP contribution in [0.15, 0.2) is 54.7 Å². The van der Waals surface area contributed by atoms with Crippen LogP contribution in [0.4, 0.5) is 10.1 Å². The number of halogens is 1. The second-order valence-electron chi connectivity index (χ2n) is 6.18. The third-order valence-electron chi connectivity index (χ3n) is 4.44. The number of rotatable bonds is 5. The van der Waals surface area contributed by atoms with Crippen LogP contribution >= 0.6 is 12.2 Å². The van der Waals surface area contributed by atoms with Gasteiger partial charge < -0.3 is 25.4 Å². The Labute approximate surface area is 167 Å². The van der Waals surface area contributed by atoms with Crippen LogP contribution in [-0.2, 0) is 4.79 Å². The lowest BCUT2D eigenvalue weighted by atomic mass is 9.87. The highest BCUT2D eigenvalue weighted by molar-refractivity contribution is 7.80. The van der Waals surface area contributed by atoms with Crippen molar-refractivity contribution in [2.45, 2.75) is 6.04 Å². The Morgan fingerprint density at radius 2 is 1.89 bits per heavy atom. The van der Waals surface area contributed by atoms with Crippen molar-refractivity contribution in [3.8, 4) is 11.5 Å². The summed E-state index contributed by atoms with van der Waals surface area (Å²) in [6, 6.07) is 10.3. The smallest absolute Gasteiger partial charge is 0.235 e. The van der Waals surface area contributed by atoms with E-state index in [2.05, 4.69) is 22.5 Å². The van der Waals surface area contributed by atoms with Gasteiger partial charge in [0.25, 0.3) is 0 Å². The first-order valence-corrected chi connectivity index (χ1v) is 8.88. The van der Waals surface area contributed by atoms with E-state index in [4.69, 9.17) is 21.7 Å². The van der Waals surface area contributed by atoms with E-state index in [1.54, 1.807) is 32.4 Å². The standard InChI is InChI=1S/C20H20FN3O3S/c1-11-17(19(25)23-13-6-4-12(21)5-7-13)18(24-20(28)22-11)15-10-14(26-2)8-9-16(15)27-3/h4-10,17-18H,1H2,2-3H3,(H,23,25)(H2,22,24,28)/t17-,18+/m1/s1. The molecule has 8 heteroatoms. The molecule has 2 aromatic carbocycles. The minimum absolute atomic E-state index is 0.325. The molecule has 0 aromatic heterocycles. The fourth-order valence-electron chi connectivity index (χ4n) is 3.09. The summed E-state index contributed by atoms with van der Waals surface area (Å²) in [4.78, 5) is 13.0. The van der Waals surface area contributed by atoms with Gasteiger partial charge in [-0.2, -0.15) is 0 Å². The average molecular weight is 401 g/mol. The topological polar surface area (TPSA) is 71.6 Å². The minimum atomic E-state index is -0.710. The van der Waals surface area contributed by atoms with Crippen molar-refractivity contribution in [2.24, 2.45) is 5.92 Å². The van der Waals surface area contributed by atoms with Crippen LogP contribution in [0.3, 0.4) is 0 Å². The number of anilines is 1. The maximum absolute atomic E-state index is 13.1. The summed E-state index contributed by atoms with van der Waals surface area (Å²) < 4.78 is 23.9. The first-order chi connectivity index (χ1) is 13.4. The Kier molecular flexibility index (Phi) is 5.79. The largest absolute Gasteiger partial charge is 0.497 e. The summed E-state index contributed by atoms with van der Waals surface area (Å²) >= 11 is 5.26. The van der Waals surface area contributed by atoms with Crippen molar-refractivity contribution >= 4 is 28.9 Å². The number of hydrogen-bond acceptors (Lipinski definition) is 4. The molecule has 0 unspecified atom stereocenters. The third kappa shape index (κ3) is 4.07. The molecule has 3 rings (SSSR count). The van der Waals surface area contributed by atoms with Crippen LogP contribution in [0.25, 0.3) is 0 Å². The summed E-state index contributed by atoms with van der Waals surface area (Å²) in [5.41, 5.74) is 1.62. The molecule has 1 amide bonds. The molecule has 1 fully saturated rings. The molecule has 3 N–H and O–H groups in total. The average Bonchev–Trinajstić information content (AvgIpc) is 2.68. The summed E-state index contributed by atoms with van der Waals surface area (Å²) in [6.07, 6.45) is 0. The van der Waals surface area contributed by atoms with E-state index in [1.807, 2.05) is 0 Å². The van der Waals surface area contributed by atoms with E-state index in [0.29, 0.717) is 33.6 Å². The molecule has 0 radical (unpaired) electrons. The molecule has 2 atom stereocenters. The quantitative estimate of drug-likeness (QED) is 0.669. The van der Waals surface area contributed by atoms with Gasteiger partial charge in [-0.1, -0.05) is 6.58 Å². The second kappa shape index (κ2) is 8.26. The van der Waals surface area contributed by atoms with E-state index in [9.17, 15) is 9.18 Å². The van der Waals surface area contributed by atoms with Gasteiger partial charge in [-0.25, -0.2) is 4.39 Å². The van der Waals surface area contributed by atoms with Crippen molar-refractivity contribution in [1.29, 1.82) is 0 Å². The van der Waals surface area contributed by atoms with E-state index in [-0.39, 0.29) is 11.7 Å². The first kappa shape index (κ1) is 19.6. The Balaban J connectivity index is 1.97. The van der Waals surface area contributed by atoms with Gasteiger partial charge in [-0.3, -0.25) is 4.79 Å². The van der Waals surface area contributed by atoms with E-state index in [1.165, 1.54) is 24.3 Å². The molecule has 1 aliphatic rings. The molecule has 0 aliphatic carbocycles. The lowest BCUT2D eigenvalue weighted by Gasteiger charge is -2.36. The first-order valence-electron chi connectivity index (χ1n) is 8.47. The van der Waals surface area contributed by atoms with Crippen LogP contribution in [-0.4, -0.2) is 25.2 Å². The van der Waals surface area contributed by atoms with Crippen LogP contribution in [0.5, 0.6) is 11.5 Å². The molecule has 0 spiro atoms. The summed E-state index contributed by atoms with van der Waals surface area (Å²) in [5, 5.41) is 9.16. The molecule has 28 heavy (non-hydrogen) atoms. The van der Waals surface area contributed by atoms with Crippen LogP contribution in [0.1, 0.15) is 11.6 Å². The highest BCUT2D eigenvalue weighted by Crippen LogP contribution is 2.37. The number of thiocarbonyl (C=S) groups is 1. The number of hydrogen-bond donors (Lipinski definition) is 3. The Morgan fingerprint density at radius 3 is 2.54 bits per heavy atom. The van der Waals surface area contributed by atoms with Crippen molar-refractivity contribution in [3.63, 3.8) is 0 Å². The third-order valence-corrected chi connectivity index (χ3v) is 4.66. The Hall–Kier alpha value is -3.13. The van der Waals surface area contributed by atoms with E-state index < -0.39 is 12.0 Å². The van der Waals surface area contributed by atoms with Crippen LogP contribution < -0.4 is 25.4 Å². The Bertz CT molecular complexity index is 917. The van der Waals surface area contributed by atoms with Crippen molar-refractivity contribution < 1.29 is 18.7 Å². The van der Waals surface area contributed by atoms with Gasteiger partial charge in [-0.05, 0) is 54.7 Å². The van der Waals surface area contributed by atoms with Gasteiger partial charge in [0.15, 0.2) is 5.11 Å². The molecule has 0 bridgehead atoms. The lowest BCUT2D eigenvalue weighted by molar-refractivity contribution is -0.119. The predicted octanol–water partition coefficient (Wildman–Crippen LogP) is 3.13. The van der Waals surface area contributed by atoms with Gasteiger partial charge in [0.2, 0.25) is 5.91 Å². The van der Waals surface area contributed by atoms with E-state index in [0.717, 1.165) is 0 Å². The number of methoxy groups -OCH3 is 2. The SMILES string of the molecule is C=C1NC(=S)N[C@@H](c2cc(OC)ccc2OC)[C@@H]1C(=O)Nc1ccc(F)cc1. The maximum atomic E-state index is 13.1. The fraction of sp³-hybridized carbons (Fsp3) is 0.200. The lowest BCUT2D eigenvalue weighted by Crippen LogP contribution is -2.51. The van der Waals surface area contributed by atoms with Gasteiger partial charge in [0.05, 0.1) is 20.3 Å². The van der Waals surface area contributed by atoms with Crippen molar-refractivity contribution in [3.05, 3.63) is 66.1 Å². The summed E-state index contributed by atoms with van der Waals surface area (Å²) in [6.45, 7) is 3.97. The number of amides is 1. The van der Waals surface area contributed by atoms with Crippen LogP contribution in [0.2, 0.25) is 0 Å². The normalized spacial score (nSPS) is 18.7. The number of nitrogens with one attached hydrogen (secondary N) is 3. The molecular formula is C20H20FN3O3S. The number of carbonyl (C=O) groups is 1. The second-order valence-corrected chi connectivity index (χ2v) is 6.59. The van der Waals surface area contributed by atoms with Crippen molar-refractivity contribution in [2.75, 3.05) is 19.5 Å². The van der Waals surface area contributed by atoms with Gasteiger partial charge >= 0.3 is 0 Å². The van der Waals surface area contributed by atoms with Crippen molar-refractivity contribution in [1.82, 2.24) is 10.6 Å². The van der Waals surface area contributed by atoms with Gasteiger partial charge in [0, 0.05) is 16.9 Å². The zero-order chi connectivity index (χ0) is 20.3. The number of benzene rings is 2. The molecule has 1 heterocycles. The fourth-order valence-corrected chi connectivity index (χ4v) is 3.35. The number of carbonyl (C=O) groups excluding carboxylic acids is 1. The van der Waals surface area contributed by atoms with Gasteiger partial charge in [-0.15, -0.1) is 0 Å². The Morgan fingerprint density at radius 1 is 1.18 bits per heavy atom. The molecule has 146 valence electrons. The minimum Gasteiger partial charge on any atom is -0.497 e. The highest BCUT2D eigenvalue weighted by Gasteiger charge is 2.38.